The molecule has 1 aromatic carbocycles. The third kappa shape index (κ3) is 5.72. The molecule has 0 heterocycles. The Morgan fingerprint density at radius 1 is 1.11 bits per heavy atom. The van der Waals surface area contributed by atoms with E-state index >= 15 is 0 Å². The smallest absolute Gasteiger partial charge is 0.269 e. The van der Waals surface area contributed by atoms with Crippen molar-refractivity contribution in [1.82, 2.24) is 10.9 Å². The van der Waals surface area contributed by atoms with Crippen molar-refractivity contribution in [2.24, 2.45) is 0 Å². The zero-order valence-corrected chi connectivity index (χ0v) is 11.6. The van der Waals surface area contributed by atoms with E-state index < -0.39 is 0 Å². The Bertz CT molecular complexity index is 413. The van der Waals surface area contributed by atoms with Gasteiger partial charge in [-0.05, 0) is 12.1 Å². The predicted octanol–water partition coefficient (Wildman–Crippen LogP) is 1.98. The molecule has 0 aliphatic rings. The molecule has 0 aromatic heterocycles. The van der Waals surface area contributed by atoms with Crippen molar-refractivity contribution < 1.29 is 9.59 Å². The molecule has 0 aliphatic carbocycles. The summed E-state index contributed by atoms with van der Waals surface area (Å²) in [6, 6.07) is 8.74. The van der Waals surface area contributed by atoms with Crippen LogP contribution in [-0.2, 0) is 4.79 Å². The summed E-state index contributed by atoms with van der Waals surface area (Å²) in [6.45, 7) is 6.11. The van der Waals surface area contributed by atoms with Gasteiger partial charge in [0.25, 0.3) is 5.91 Å². The molecule has 0 bridgehead atoms. The topological polar surface area (TPSA) is 58.2 Å². The second kappa shape index (κ2) is 6.44. The Hall–Kier alpha value is -1.49. The van der Waals surface area contributed by atoms with E-state index in [1.54, 1.807) is 24.3 Å². The number of carbonyl (C=O) groups excluding carboxylic acids is 2. The zero-order valence-electron chi connectivity index (χ0n) is 10.8. The van der Waals surface area contributed by atoms with Gasteiger partial charge in [-0.2, -0.15) is 0 Å². The van der Waals surface area contributed by atoms with Crippen molar-refractivity contribution >= 4 is 23.6 Å². The van der Waals surface area contributed by atoms with Crippen LogP contribution in [0.25, 0.3) is 0 Å². The lowest BCUT2D eigenvalue weighted by atomic mass is 10.2. The summed E-state index contributed by atoms with van der Waals surface area (Å²) in [5, 5.41) is 0. The van der Waals surface area contributed by atoms with Crippen molar-refractivity contribution in [2.75, 3.05) is 5.75 Å². The number of carbonyl (C=O) groups is 2. The van der Waals surface area contributed by atoms with Gasteiger partial charge in [0.1, 0.15) is 0 Å². The molecular formula is C13H18N2O2S. The van der Waals surface area contributed by atoms with E-state index in [1.807, 2.05) is 26.8 Å². The number of thioether (sulfide) groups is 1. The van der Waals surface area contributed by atoms with E-state index in [9.17, 15) is 9.59 Å². The van der Waals surface area contributed by atoms with Crippen LogP contribution in [0.1, 0.15) is 31.1 Å². The van der Waals surface area contributed by atoms with Gasteiger partial charge in [-0.25, -0.2) is 0 Å². The van der Waals surface area contributed by atoms with Crippen molar-refractivity contribution in [3.05, 3.63) is 35.9 Å². The van der Waals surface area contributed by atoms with E-state index in [-0.39, 0.29) is 16.6 Å². The third-order valence-corrected chi connectivity index (χ3v) is 3.26. The van der Waals surface area contributed by atoms with Crippen molar-refractivity contribution in [2.45, 2.75) is 25.5 Å². The minimum atomic E-state index is -0.315. The summed E-state index contributed by atoms with van der Waals surface area (Å²) in [7, 11) is 0. The van der Waals surface area contributed by atoms with Crippen LogP contribution in [0.15, 0.2) is 30.3 Å². The standard InChI is InChI=1S/C13H18N2O2S/c1-13(2,3)18-9-11(16)14-15-12(17)10-7-5-4-6-8-10/h4-8H,9H2,1-3H3,(H,14,16)(H,15,17). The fourth-order valence-corrected chi connectivity index (χ4v) is 1.74. The quantitative estimate of drug-likeness (QED) is 0.822. The number of rotatable bonds is 3. The van der Waals surface area contributed by atoms with Crippen LogP contribution in [0.2, 0.25) is 0 Å². The van der Waals surface area contributed by atoms with Crippen LogP contribution in [0.3, 0.4) is 0 Å². The average molecular weight is 266 g/mol. The largest absolute Gasteiger partial charge is 0.272 e. The zero-order chi connectivity index (χ0) is 13.6. The van der Waals surface area contributed by atoms with Crippen LogP contribution in [0.5, 0.6) is 0 Å². The Labute approximate surface area is 112 Å². The number of amides is 2. The van der Waals surface area contributed by atoms with Gasteiger partial charge in [0.2, 0.25) is 5.91 Å². The summed E-state index contributed by atoms with van der Waals surface area (Å²) < 4.78 is 0.0286. The van der Waals surface area contributed by atoms with Crippen molar-refractivity contribution in [3.63, 3.8) is 0 Å². The monoisotopic (exact) mass is 266 g/mol. The highest BCUT2D eigenvalue weighted by Gasteiger charge is 2.13. The first-order valence-electron chi connectivity index (χ1n) is 5.67. The van der Waals surface area contributed by atoms with Gasteiger partial charge in [-0.15, -0.1) is 11.8 Å². The molecule has 0 unspecified atom stereocenters. The SMILES string of the molecule is CC(C)(C)SCC(=O)NNC(=O)c1ccccc1. The highest BCUT2D eigenvalue weighted by atomic mass is 32.2. The van der Waals surface area contributed by atoms with Gasteiger partial charge >= 0.3 is 0 Å². The maximum atomic E-state index is 11.6. The van der Waals surface area contributed by atoms with Gasteiger partial charge in [0.05, 0.1) is 5.75 Å². The molecule has 1 rings (SSSR count). The molecule has 0 atom stereocenters. The minimum absolute atomic E-state index is 0.0286. The molecule has 2 amide bonds. The van der Waals surface area contributed by atoms with Gasteiger partial charge < -0.3 is 0 Å². The summed E-state index contributed by atoms with van der Waals surface area (Å²) in [5.41, 5.74) is 5.29. The maximum Gasteiger partial charge on any atom is 0.269 e. The highest BCUT2D eigenvalue weighted by Crippen LogP contribution is 2.22. The molecule has 2 N–H and O–H groups in total. The lowest BCUT2D eigenvalue weighted by Gasteiger charge is -2.17. The number of benzene rings is 1. The lowest BCUT2D eigenvalue weighted by Crippen LogP contribution is -2.42. The second-order valence-electron chi connectivity index (χ2n) is 4.77. The summed E-state index contributed by atoms with van der Waals surface area (Å²) in [6.07, 6.45) is 0. The number of hydrogen-bond donors (Lipinski definition) is 2. The molecule has 5 heteroatoms. The van der Waals surface area contributed by atoms with Gasteiger partial charge in [0, 0.05) is 10.3 Å². The maximum absolute atomic E-state index is 11.6. The van der Waals surface area contributed by atoms with E-state index in [0.29, 0.717) is 11.3 Å². The molecule has 0 fully saturated rings. The Balaban J connectivity index is 2.33. The van der Waals surface area contributed by atoms with Crippen LogP contribution in [0, 0.1) is 0 Å². The fraction of sp³-hybridized carbons (Fsp3) is 0.385. The van der Waals surface area contributed by atoms with Crippen LogP contribution >= 0.6 is 11.8 Å². The van der Waals surface area contributed by atoms with E-state index in [4.69, 9.17) is 0 Å². The second-order valence-corrected chi connectivity index (χ2v) is 6.57. The van der Waals surface area contributed by atoms with Crippen molar-refractivity contribution in [1.29, 1.82) is 0 Å². The van der Waals surface area contributed by atoms with Crippen LogP contribution in [0.4, 0.5) is 0 Å². The summed E-state index contributed by atoms with van der Waals surface area (Å²) in [5.74, 6) is -0.206. The highest BCUT2D eigenvalue weighted by molar-refractivity contribution is 8.01. The van der Waals surface area contributed by atoms with E-state index in [0.717, 1.165) is 0 Å². The first kappa shape index (κ1) is 14.6. The number of hydrazine groups is 1. The predicted molar refractivity (Wildman–Crippen MR) is 74.3 cm³/mol. The molecule has 0 spiro atoms. The fourth-order valence-electron chi connectivity index (χ4n) is 1.11. The molecule has 1 aromatic rings. The Morgan fingerprint density at radius 2 is 1.72 bits per heavy atom. The molecule has 0 aliphatic heterocycles. The molecule has 0 saturated heterocycles. The van der Waals surface area contributed by atoms with E-state index in [1.165, 1.54) is 11.8 Å². The first-order valence-corrected chi connectivity index (χ1v) is 6.65. The van der Waals surface area contributed by atoms with Crippen LogP contribution < -0.4 is 10.9 Å². The average Bonchev–Trinajstić information content (AvgIpc) is 2.33. The van der Waals surface area contributed by atoms with Crippen molar-refractivity contribution in [3.8, 4) is 0 Å². The first-order chi connectivity index (χ1) is 8.38. The summed E-state index contributed by atoms with van der Waals surface area (Å²) in [4.78, 5) is 23.1. The molecule has 18 heavy (non-hydrogen) atoms. The summed E-state index contributed by atoms with van der Waals surface area (Å²) >= 11 is 1.53. The van der Waals surface area contributed by atoms with Gasteiger partial charge in [-0.3, -0.25) is 20.4 Å². The minimum Gasteiger partial charge on any atom is -0.272 e. The van der Waals surface area contributed by atoms with Gasteiger partial charge in [0.15, 0.2) is 0 Å². The molecule has 0 saturated carbocycles. The molecular weight excluding hydrogens is 248 g/mol. The normalized spacial score (nSPS) is 10.8. The van der Waals surface area contributed by atoms with Crippen LogP contribution in [-0.4, -0.2) is 22.3 Å². The number of hydrogen-bond acceptors (Lipinski definition) is 3. The molecule has 4 nitrogen and oxygen atoms in total. The number of nitrogens with one attached hydrogen (secondary N) is 2. The Kier molecular flexibility index (Phi) is 5.22. The van der Waals surface area contributed by atoms with Gasteiger partial charge in [-0.1, -0.05) is 39.0 Å². The third-order valence-electron chi connectivity index (χ3n) is 1.99. The lowest BCUT2D eigenvalue weighted by molar-refractivity contribution is -0.119. The Morgan fingerprint density at radius 3 is 2.28 bits per heavy atom. The van der Waals surface area contributed by atoms with E-state index in [2.05, 4.69) is 10.9 Å². The molecule has 0 radical (unpaired) electrons. The molecule has 98 valence electrons.